The van der Waals surface area contributed by atoms with E-state index in [2.05, 4.69) is 17.2 Å². The number of nitrogens with one attached hydrogen (secondary N) is 1. The van der Waals surface area contributed by atoms with Gasteiger partial charge in [-0.2, -0.15) is 13.2 Å². The molecular formula is C26H20ClF3N2O3. The molecule has 1 aliphatic rings. The Kier molecular flexibility index (Phi) is 7.85. The first kappa shape index (κ1) is 25.8. The number of halogens is 4. The number of anilines is 1. The van der Waals surface area contributed by atoms with Gasteiger partial charge in [-0.05, 0) is 65.9 Å². The van der Waals surface area contributed by atoms with Gasteiger partial charge < -0.3 is 16.2 Å². The molecule has 1 aliphatic carbocycles. The summed E-state index contributed by atoms with van der Waals surface area (Å²) in [5.74, 6) is 2.42. The summed E-state index contributed by atoms with van der Waals surface area (Å²) < 4.78 is 31.7. The molecule has 180 valence electrons. The summed E-state index contributed by atoms with van der Waals surface area (Å²) in [6.07, 6.45) is -3.03. The first-order valence-electron chi connectivity index (χ1n) is 10.3. The van der Waals surface area contributed by atoms with Gasteiger partial charge in [-0.15, -0.1) is 0 Å². The predicted octanol–water partition coefficient (Wildman–Crippen LogP) is 5.58. The molecule has 0 bridgehead atoms. The molecule has 9 heteroatoms. The molecule has 3 aromatic carbocycles. The van der Waals surface area contributed by atoms with Crippen LogP contribution >= 0.6 is 11.6 Å². The van der Waals surface area contributed by atoms with Gasteiger partial charge >= 0.3 is 18.1 Å². The SMILES string of the molecule is NC1(c2ccc(C#CC(=O)Nc3ccc(-c4ccc(Cl)cc4)cc3)cc2)CC1.O=C(O)C(F)(F)F. The topological polar surface area (TPSA) is 92.4 Å². The fourth-order valence-electron chi connectivity index (χ4n) is 2.99. The third kappa shape index (κ3) is 7.60. The lowest BCUT2D eigenvalue weighted by Crippen LogP contribution is -2.21. The molecule has 0 aliphatic heterocycles. The summed E-state index contributed by atoms with van der Waals surface area (Å²) in [7, 11) is 0. The molecule has 35 heavy (non-hydrogen) atoms. The largest absolute Gasteiger partial charge is 0.490 e. The number of nitrogens with two attached hydrogens (primary N) is 1. The first-order valence-corrected chi connectivity index (χ1v) is 10.7. The van der Waals surface area contributed by atoms with Crippen molar-refractivity contribution in [3.05, 3.63) is 88.9 Å². The minimum Gasteiger partial charge on any atom is -0.475 e. The van der Waals surface area contributed by atoms with E-state index in [0.29, 0.717) is 10.7 Å². The molecule has 0 atom stereocenters. The Morgan fingerprint density at radius 2 is 1.40 bits per heavy atom. The quantitative estimate of drug-likeness (QED) is 0.409. The highest BCUT2D eigenvalue weighted by Crippen LogP contribution is 2.42. The Bertz CT molecular complexity index is 1260. The number of rotatable bonds is 3. The van der Waals surface area contributed by atoms with E-state index in [1.165, 1.54) is 0 Å². The molecule has 3 aromatic rings. The van der Waals surface area contributed by atoms with Crippen molar-refractivity contribution in [2.75, 3.05) is 5.32 Å². The van der Waals surface area contributed by atoms with Gasteiger partial charge in [-0.3, -0.25) is 4.79 Å². The van der Waals surface area contributed by atoms with Crippen LogP contribution in [0.15, 0.2) is 72.8 Å². The molecule has 0 heterocycles. The van der Waals surface area contributed by atoms with E-state index in [-0.39, 0.29) is 11.4 Å². The lowest BCUT2D eigenvalue weighted by atomic mass is 10.0. The number of carboxylic acids is 1. The van der Waals surface area contributed by atoms with Crippen LogP contribution in [0.5, 0.6) is 0 Å². The summed E-state index contributed by atoms with van der Waals surface area (Å²) >= 11 is 5.92. The molecule has 0 aromatic heterocycles. The lowest BCUT2D eigenvalue weighted by Gasteiger charge is -2.08. The normalized spacial score (nSPS) is 13.4. The maximum Gasteiger partial charge on any atom is 0.490 e. The second-order valence-corrected chi connectivity index (χ2v) is 8.26. The van der Waals surface area contributed by atoms with Crippen LogP contribution in [0.3, 0.4) is 0 Å². The number of carboxylic acid groups (broad SMARTS) is 1. The first-order chi connectivity index (χ1) is 16.5. The molecule has 4 rings (SSSR count). The second kappa shape index (κ2) is 10.6. The number of hydrogen-bond donors (Lipinski definition) is 3. The fourth-order valence-corrected chi connectivity index (χ4v) is 3.11. The standard InChI is InChI=1S/C24H19ClN2O.C2HF3O2/c25-21-10-4-18(5-11-21)19-6-12-22(13-7-19)27-23(28)14-3-17-1-8-20(9-2-17)24(26)15-16-24;3-2(4,5)1(6)7/h1-2,4-13H,15-16,26H2,(H,27,28);(H,6,7). The number of amides is 1. The molecule has 0 saturated heterocycles. The zero-order chi connectivity index (χ0) is 25.6. The van der Waals surface area contributed by atoms with Crippen molar-refractivity contribution in [3.8, 4) is 23.0 Å². The lowest BCUT2D eigenvalue weighted by molar-refractivity contribution is -0.192. The Morgan fingerprint density at radius 1 is 0.914 bits per heavy atom. The highest BCUT2D eigenvalue weighted by molar-refractivity contribution is 6.30. The summed E-state index contributed by atoms with van der Waals surface area (Å²) in [4.78, 5) is 21.0. The van der Waals surface area contributed by atoms with Crippen LogP contribution in [-0.2, 0) is 15.1 Å². The van der Waals surface area contributed by atoms with Crippen molar-refractivity contribution in [1.82, 2.24) is 0 Å². The molecule has 1 fully saturated rings. The Labute approximate surface area is 204 Å². The van der Waals surface area contributed by atoms with Crippen molar-refractivity contribution >= 4 is 29.2 Å². The Morgan fingerprint density at radius 3 is 1.86 bits per heavy atom. The molecule has 5 nitrogen and oxygen atoms in total. The second-order valence-electron chi connectivity index (χ2n) is 7.82. The van der Waals surface area contributed by atoms with Gasteiger partial charge in [-0.25, -0.2) is 4.79 Å². The molecule has 0 unspecified atom stereocenters. The van der Waals surface area contributed by atoms with Gasteiger partial charge in [0.2, 0.25) is 0 Å². The average Bonchev–Trinajstić information content (AvgIpc) is 3.57. The number of hydrogen-bond acceptors (Lipinski definition) is 3. The van der Waals surface area contributed by atoms with Crippen molar-refractivity contribution in [2.24, 2.45) is 5.73 Å². The summed E-state index contributed by atoms with van der Waals surface area (Å²) in [5, 5.41) is 10.6. The Hall–Kier alpha value is -3.80. The molecule has 4 N–H and O–H groups in total. The minimum absolute atomic E-state index is 0.151. The van der Waals surface area contributed by atoms with Crippen LogP contribution in [-0.4, -0.2) is 23.2 Å². The van der Waals surface area contributed by atoms with Crippen LogP contribution in [0.4, 0.5) is 18.9 Å². The molecule has 1 amide bonds. The van der Waals surface area contributed by atoms with E-state index < -0.39 is 12.1 Å². The van der Waals surface area contributed by atoms with Gasteiger partial charge in [0.25, 0.3) is 0 Å². The summed E-state index contributed by atoms with van der Waals surface area (Å²) in [5.41, 5.74) is 10.8. The fraction of sp³-hybridized carbons (Fsp3) is 0.154. The number of carbonyl (C=O) groups is 2. The zero-order valence-electron chi connectivity index (χ0n) is 18.2. The van der Waals surface area contributed by atoms with Gasteiger partial charge in [0.1, 0.15) is 0 Å². The molecular weight excluding hydrogens is 481 g/mol. The monoisotopic (exact) mass is 500 g/mol. The van der Waals surface area contributed by atoms with Crippen LogP contribution in [0.1, 0.15) is 24.0 Å². The van der Waals surface area contributed by atoms with Gasteiger partial charge in [0.05, 0.1) is 0 Å². The highest BCUT2D eigenvalue weighted by Gasteiger charge is 2.39. The third-order valence-electron chi connectivity index (χ3n) is 5.13. The summed E-state index contributed by atoms with van der Waals surface area (Å²) in [6.45, 7) is 0. The van der Waals surface area contributed by atoms with E-state index in [9.17, 15) is 18.0 Å². The van der Waals surface area contributed by atoms with E-state index in [4.69, 9.17) is 27.2 Å². The van der Waals surface area contributed by atoms with Crippen LogP contribution < -0.4 is 11.1 Å². The minimum atomic E-state index is -5.08. The number of aliphatic carboxylic acids is 1. The van der Waals surface area contributed by atoms with E-state index in [1.54, 1.807) is 0 Å². The molecule has 0 radical (unpaired) electrons. The van der Waals surface area contributed by atoms with Crippen molar-refractivity contribution in [2.45, 2.75) is 24.6 Å². The van der Waals surface area contributed by atoms with Gasteiger partial charge in [-0.1, -0.05) is 53.9 Å². The molecule has 1 saturated carbocycles. The predicted molar refractivity (Wildman–Crippen MR) is 128 cm³/mol. The smallest absolute Gasteiger partial charge is 0.475 e. The van der Waals surface area contributed by atoms with E-state index >= 15 is 0 Å². The summed E-state index contributed by atoms with van der Waals surface area (Å²) in [6, 6.07) is 23.0. The van der Waals surface area contributed by atoms with Crippen LogP contribution in [0.25, 0.3) is 11.1 Å². The van der Waals surface area contributed by atoms with Crippen molar-refractivity contribution < 1.29 is 27.9 Å². The number of carbonyl (C=O) groups excluding carboxylic acids is 1. The van der Waals surface area contributed by atoms with E-state index in [1.807, 2.05) is 72.8 Å². The van der Waals surface area contributed by atoms with Crippen LogP contribution in [0, 0.1) is 11.8 Å². The van der Waals surface area contributed by atoms with Gasteiger partial charge in [0.15, 0.2) is 0 Å². The van der Waals surface area contributed by atoms with E-state index in [0.717, 1.165) is 35.1 Å². The van der Waals surface area contributed by atoms with Crippen LogP contribution in [0.2, 0.25) is 5.02 Å². The van der Waals surface area contributed by atoms with Gasteiger partial charge in [0, 0.05) is 27.7 Å². The van der Waals surface area contributed by atoms with Crippen molar-refractivity contribution in [1.29, 1.82) is 0 Å². The maximum atomic E-state index is 12.1. The third-order valence-corrected chi connectivity index (χ3v) is 5.38. The molecule has 0 spiro atoms. The number of benzene rings is 3. The Balaban J connectivity index is 0.000000429. The number of alkyl halides is 3. The maximum absolute atomic E-state index is 12.1. The van der Waals surface area contributed by atoms with Crippen molar-refractivity contribution in [3.63, 3.8) is 0 Å². The average molecular weight is 501 g/mol. The zero-order valence-corrected chi connectivity index (χ0v) is 19.0. The highest BCUT2D eigenvalue weighted by atomic mass is 35.5.